The lowest BCUT2D eigenvalue weighted by Gasteiger charge is -2.08. The number of ether oxygens (including phenoxy) is 1. The van der Waals surface area contributed by atoms with Gasteiger partial charge in [-0.1, -0.05) is 60.7 Å². The SMILES string of the molecule is O=C(NCc1ccc(COCc2ccccc2)cc1)c1cccc(-n2cncn2)c1. The molecule has 150 valence electrons. The highest BCUT2D eigenvalue weighted by molar-refractivity contribution is 5.94. The molecule has 0 bridgehead atoms. The van der Waals surface area contributed by atoms with Gasteiger partial charge >= 0.3 is 0 Å². The normalized spacial score (nSPS) is 10.7. The van der Waals surface area contributed by atoms with Crippen LogP contribution in [0.25, 0.3) is 5.69 Å². The molecule has 1 heterocycles. The third-order valence-electron chi connectivity index (χ3n) is 4.65. The first-order chi connectivity index (χ1) is 14.8. The molecule has 3 aromatic carbocycles. The first-order valence-electron chi connectivity index (χ1n) is 9.71. The van der Waals surface area contributed by atoms with Crippen LogP contribution < -0.4 is 5.32 Å². The van der Waals surface area contributed by atoms with E-state index < -0.39 is 0 Å². The molecule has 6 heteroatoms. The van der Waals surface area contributed by atoms with E-state index in [-0.39, 0.29) is 5.91 Å². The minimum absolute atomic E-state index is 0.132. The van der Waals surface area contributed by atoms with E-state index in [9.17, 15) is 4.79 Å². The molecule has 0 radical (unpaired) electrons. The van der Waals surface area contributed by atoms with Crippen LogP contribution in [-0.2, 0) is 24.5 Å². The maximum Gasteiger partial charge on any atom is 0.251 e. The molecule has 30 heavy (non-hydrogen) atoms. The van der Waals surface area contributed by atoms with Crippen molar-refractivity contribution in [3.05, 3.63) is 114 Å². The highest BCUT2D eigenvalue weighted by Gasteiger charge is 2.07. The summed E-state index contributed by atoms with van der Waals surface area (Å²) in [7, 11) is 0. The van der Waals surface area contributed by atoms with Crippen LogP contribution in [0.4, 0.5) is 0 Å². The van der Waals surface area contributed by atoms with Crippen LogP contribution in [0, 0.1) is 0 Å². The third kappa shape index (κ3) is 5.18. The van der Waals surface area contributed by atoms with E-state index >= 15 is 0 Å². The molecule has 0 aliphatic heterocycles. The third-order valence-corrected chi connectivity index (χ3v) is 4.65. The van der Waals surface area contributed by atoms with Gasteiger partial charge < -0.3 is 10.1 Å². The second-order valence-electron chi connectivity index (χ2n) is 6.87. The summed E-state index contributed by atoms with van der Waals surface area (Å²) >= 11 is 0. The summed E-state index contributed by atoms with van der Waals surface area (Å²) in [5.41, 5.74) is 4.66. The van der Waals surface area contributed by atoms with E-state index in [4.69, 9.17) is 4.74 Å². The van der Waals surface area contributed by atoms with Crippen molar-refractivity contribution in [1.29, 1.82) is 0 Å². The van der Waals surface area contributed by atoms with Crippen molar-refractivity contribution in [3.8, 4) is 5.69 Å². The summed E-state index contributed by atoms with van der Waals surface area (Å²) < 4.78 is 7.38. The minimum atomic E-state index is -0.132. The van der Waals surface area contributed by atoms with Crippen molar-refractivity contribution in [2.75, 3.05) is 0 Å². The van der Waals surface area contributed by atoms with Crippen LogP contribution in [0.5, 0.6) is 0 Å². The van der Waals surface area contributed by atoms with Crippen molar-refractivity contribution >= 4 is 5.91 Å². The van der Waals surface area contributed by atoms with E-state index in [0.29, 0.717) is 25.3 Å². The fourth-order valence-electron chi connectivity index (χ4n) is 3.03. The van der Waals surface area contributed by atoms with Gasteiger partial charge in [-0.3, -0.25) is 4.79 Å². The largest absolute Gasteiger partial charge is 0.372 e. The lowest BCUT2D eigenvalue weighted by Crippen LogP contribution is -2.22. The van der Waals surface area contributed by atoms with Crippen LogP contribution in [0.2, 0.25) is 0 Å². The molecular weight excluding hydrogens is 376 g/mol. The maximum absolute atomic E-state index is 12.5. The Kier molecular flexibility index (Phi) is 6.27. The van der Waals surface area contributed by atoms with Gasteiger partial charge in [-0.15, -0.1) is 0 Å². The Morgan fingerprint density at radius 1 is 0.867 bits per heavy atom. The highest BCUT2D eigenvalue weighted by atomic mass is 16.5. The second kappa shape index (κ2) is 9.62. The molecule has 6 nitrogen and oxygen atoms in total. The van der Waals surface area contributed by atoms with Crippen molar-refractivity contribution in [2.45, 2.75) is 19.8 Å². The summed E-state index contributed by atoms with van der Waals surface area (Å²) in [6, 6.07) is 25.4. The number of carbonyl (C=O) groups excluding carboxylic acids is 1. The van der Waals surface area contributed by atoms with Crippen molar-refractivity contribution in [3.63, 3.8) is 0 Å². The van der Waals surface area contributed by atoms with Crippen LogP contribution in [0.15, 0.2) is 91.5 Å². The minimum Gasteiger partial charge on any atom is -0.372 e. The van der Waals surface area contributed by atoms with Gasteiger partial charge in [0.2, 0.25) is 0 Å². The van der Waals surface area contributed by atoms with Gasteiger partial charge in [0.15, 0.2) is 0 Å². The Labute approximate surface area is 175 Å². The fraction of sp³-hybridized carbons (Fsp3) is 0.125. The van der Waals surface area contributed by atoms with E-state index in [0.717, 1.165) is 22.4 Å². The average Bonchev–Trinajstić information content (AvgIpc) is 3.34. The quantitative estimate of drug-likeness (QED) is 0.489. The first kappa shape index (κ1) is 19.5. The maximum atomic E-state index is 12.5. The lowest BCUT2D eigenvalue weighted by atomic mass is 10.1. The van der Waals surface area contributed by atoms with Crippen LogP contribution >= 0.6 is 0 Å². The summed E-state index contributed by atoms with van der Waals surface area (Å²) in [5.74, 6) is -0.132. The number of benzene rings is 3. The predicted octanol–water partition coefficient (Wildman–Crippen LogP) is 3.91. The lowest BCUT2D eigenvalue weighted by molar-refractivity contribution is 0.0950. The number of hydrogen-bond donors (Lipinski definition) is 1. The zero-order chi connectivity index (χ0) is 20.6. The monoisotopic (exact) mass is 398 g/mol. The number of nitrogens with one attached hydrogen (secondary N) is 1. The van der Waals surface area contributed by atoms with Crippen LogP contribution in [-0.4, -0.2) is 20.7 Å². The Morgan fingerprint density at radius 2 is 1.60 bits per heavy atom. The molecule has 0 saturated heterocycles. The predicted molar refractivity (Wildman–Crippen MR) is 114 cm³/mol. The van der Waals surface area contributed by atoms with Gasteiger partial charge in [-0.25, -0.2) is 9.67 Å². The topological polar surface area (TPSA) is 69.0 Å². The Balaban J connectivity index is 1.28. The summed E-state index contributed by atoms with van der Waals surface area (Å²) in [6.45, 7) is 1.60. The molecule has 0 spiro atoms. The molecule has 0 unspecified atom stereocenters. The fourth-order valence-corrected chi connectivity index (χ4v) is 3.03. The number of amides is 1. The number of carbonyl (C=O) groups is 1. The summed E-state index contributed by atoms with van der Waals surface area (Å²) in [4.78, 5) is 16.4. The molecule has 1 amide bonds. The van der Waals surface area contributed by atoms with Crippen molar-refractivity contribution in [2.24, 2.45) is 0 Å². The van der Waals surface area contributed by atoms with Gasteiger partial charge in [0, 0.05) is 12.1 Å². The van der Waals surface area contributed by atoms with Gasteiger partial charge in [0.05, 0.1) is 18.9 Å². The molecule has 0 atom stereocenters. The Morgan fingerprint density at radius 3 is 2.33 bits per heavy atom. The van der Waals surface area contributed by atoms with Gasteiger partial charge in [-0.05, 0) is 34.9 Å². The number of nitrogens with zero attached hydrogens (tertiary/aromatic N) is 3. The van der Waals surface area contributed by atoms with Crippen molar-refractivity contribution in [1.82, 2.24) is 20.1 Å². The zero-order valence-corrected chi connectivity index (χ0v) is 16.4. The molecule has 0 aliphatic carbocycles. The molecular formula is C24H22N4O2. The standard InChI is InChI=1S/C24H22N4O2/c29-24(22-7-4-8-23(13-22)28-18-25-17-27-28)26-14-19-9-11-21(12-10-19)16-30-15-20-5-2-1-3-6-20/h1-13,17-18H,14-16H2,(H,26,29). The molecule has 0 saturated carbocycles. The molecule has 4 aromatic rings. The first-order valence-corrected chi connectivity index (χ1v) is 9.71. The molecule has 4 rings (SSSR count). The number of hydrogen-bond acceptors (Lipinski definition) is 4. The number of aromatic nitrogens is 3. The van der Waals surface area contributed by atoms with E-state index in [1.54, 1.807) is 23.1 Å². The van der Waals surface area contributed by atoms with E-state index in [1.807, 2.05) is 66.7 Å². The van der Waals surface area contributed by atoms with E-state index in [2.05, 4.69) is 15.4 Å². The van der Waals surface area contributed by atoms with Crippen LogP contribution in [0.1, 0.15) is 27.0 Å². The summed E-state index contributed by atoms with van der Waals surface area (Å²) in [5, 5.41) is 7.05. The Hall–Kier alpha value is -3.77. The molecule has 0 fully saturated rings. The Bertz CT molecular complexity index is 1080. The molecule has 0 aliphatic rings. The van der Waals surface area contributed by atoms with Gasteiger partial charge in [0.1, 0.15) is 12.7 Å². The summed E-state index contributed by atoms with van der Waals surface area (Å²) in [6.07, 6.45) is 3.06. The number of rotatable bonds is 8. The average molecular weight is 398 g/mol. The second-order valence-corrected chi connectivity index (χ2v) is 6.87. The molecule has 1 N–H and O–H groups in total. The highest BCUT2D eigenvalue weighted by Crippen LogP contribution is 2.11. The van der Waals surface area contributed by atoms with Gasteiger partial charge in [-0.2, -0.15) is 5.10 Å². The smallest absolute Gasteiger partial charge is 0.251 e. The van der Waals surface area contributed by atoms with Gasteiger partial charge in [0.25, 0.3) is 5.91 Å². The zero-order valence-electron chi connectivity index (χ0n) is 16.4. The van der Waals surface area contributed by atoms with Crippen molar-refractivity contribution < 1.29 is 9.53 Å². The molecule has 1 aromatic heterocycles. The van der Waals surface area contributed by atoms with E-state index in [1.165, 1.54) is 6.33 Å². The van der Waals surface area contributed by atoms with Crippen LogP contribution in [0.3, 0.4) is 0 Å².